The van der Waals surface area contributed by atoms with Crippen molar-refractivity contribution in [3.8, 4) is 11.3 Å². The summed E-state index contributed by atoms with van der Waals surface area (Å²) in [5.41, 5.74) is 12.8. The summed E-state index contributed by atoms with van der Waals surface area (Å²) in [5.74, 6) is 6.78. The molecule has 0 unspecified atom stereocenters. The monoisotopic (exact) mass is 357 g/mol. The van der Waals surface area contributed by atoms with Crippen molar-refractivity contribution in [2.75, 3.05) is 16.5 Å². The summed E-state index contributed by atoms with van der Waals surface area (Å²) in [6.45, 7) is 0.607. The van der Waals surface area contributed by atoms with Gasteiger partial charge in [-0.1, -0.05) is 12.1 Å². The molecule has 4 rings (SSSR count). The molecule has 0 spiro atoms. The third kappa shape index (κ3) is 3.63. The highest BCUT2D eigenvalue weighted by Crippen LogP contribution is 2.25. The molecular weight excluding hydrogens is 338 g/mol. The second-order valence-electron chi connectivity index (χ2n) is 6.09. The molecule has 0 aliphatic rings. The Labute approximate surface area is 156 Å². The summed E-state index contributed by atoms with van der Waals surface area (Å²) in [6.07, 6.45) is 3.49. The van der Waals surface area contributed by atoms with E-state index in [-0.39, 0.29) is 0 Å². The number of aromatic nitrogens is 3. The minimum absolute atomic E-state index is 0.475. The molecule has 0 aliphatic heterocycles. The van der Waals surface area contributed by atoms with Gasteiger partial charge in [0.2, 0.25) is 0 Å². The van der Waals surface area contributed by atoms with E-state index < -0.39 is 0 Å². The van der Waals surface area contributed by atoms with E-state index in [1.165, 1.54) is 0 Å². The van der Waals surface area contributed by atoms with Crippen LogP contribution in [0.5, 0.6) is 0 Å². The van der Waals surface area contributed by atoms with Crippen molar-refractivity contribution < 1.29 is 0 Å². The van der Waals surface area contributed by atoms with Crippen LogP contribution in [0.1, 0.15) is 5.56 Å². The van der Waals surface area contributed by atoms with Crippen molar-refractivity contribution in [1.82, 2.24) is 15.0 Å². The van der Waals surface area contributed by atoms with E-state index in [0.29, 0.717) is 23.9 Å². The Hall–Kier alpha value is -3.71. The van der Waals surface area contributed by atoms with E-state index in [2.05, 4.69) is 31.8 Å². The molecule has 3 aromatic heterocycles. The number of nitrogens with two attached hydrogens (primary N) is 2. The van der Waals surface area contributed by atoms with Crippen molar-refractivity contribution in [2.24, 2.45) is 5.84 Å². The Bertz CT molecular complexity index is 1080. The lowest BCUT2D eigenvalue weighted by atomic mass is 10.1. The molecule has 0 radical (unpaired) electrons. The smallest absolute Gasteiger partial charge is 0.151 e. The van der Waals surface area contributed by atoms with Crippen molar-refractivity contribution in [3.05, 3.63) is 72.6 Å². The molecule has 0 bridgehead atoms. The zero-order chi connectivity index (χ0) is 18.6. The second-order valence-corrected chi connectivity index (χ2v) is 6.09. The number of hydrogen-bond donors (Lipinski definition) is 4. The Morgan fingerprint density at radius 2 is 1.89 bits per heavy atom. The maximum atomic E-state index is 5.66. The molecule has 134 valence electrons. The van der Waals surface area contributed by atoms with Gasteiger partial charge >= 0.3 is 0 Å². The zero-order valence-electron chi connectivity index (χ0n) is 14.6. The third-order valence-electron chi connectivity index (χ3n) is 4.26. The number of rotatable bonds is 5. The number of benzene rings is 1. The minimum Gasteiger partial charge on any atom is -0.384 e. The number of nitrogens with one attached hydrogen (secondary N) is 2. The molecule has 27 heavy (non-hydrogen) atoms. The van der Waals surface area contributed by atoms with Crippen LogP contribution >= 0.6 is 0 Å². The standard InChI is InChI=1S/C20H19N7/c21-19-8-4-15(12-24-19)17-6-7-18(27-22)20(26-17)25-11-13-3-5-16-14(10-13)2-1-9-23-16/h1-10,12,27H,11,22H2,(H2,21,24)(H,25,26). The summed E-state index contributed by atoms with van der Waals surface area (Å²) in [7, 11) is 0. The summed E-state index contributed by atoms with van der Waals surface area (Å²) in [6, 6.07) is 17.6. The summed E-state index contributed by atoms with van der Waals surface area (Å²) >= 11 is 0. The van der Waals surface area contributed by atoms with Gasteiger partial charge in [0, 0.05) is 29.9 Å². The fraction of sp³-hybridized carbons (Fsp3) is 0.0500. The normalized spacial score (nSPS) is 10.7. The number of hydrazine groups is 1. The average Bonchev–Trinajstić information content (AvgIpc) is 2.72. The molecule has 7 nitrogen and oxygen atoms in total. The fourth-order valence-electron chi connectivity index (χ4n) is 2.85. The van der Waals surface area contributed by atoms with Crippen LogP contribution in [0, 0.1) is 0 Å². The van der Waals surface area contributed by atoms with Crippen molar-refractivity contribution >= 4 is 28.2 Å². The Kier molecular flexibility index (Phi) is 4.51. The molecule has 0 amide bonds. The van der Waals surface area contributed by atoms with Gasteiger partial charge in [0.05, 0.1) is 16.9 Å². The number of hydrogen-bond acceptors (Lipinski definition) is 7. The molecular formula is C20H19N7. The minimum atomic E-state index is 0.475. The van der Waals surface area contributed by atoms with Gasteiger partial charge in [-0.25, -0.2) is 9.97 Å². The molecule has 4 aromatic rings. The van der Waals surface area contributed by atoms with Gasteiger partial charge in [0.1, 0.15) is 5.82 Å². The molecule has 0 saturated heterocycles. The van der Waals surface area contributed by atoms with Crippen molar-refractivity contribution in [3.63, 3.8) is 0 Å². The number of pyridine rings is 3. The quantitative estimate of drug-likeness (QED) is 0.320. The maximum absolute atomic E-state index is 5.66. The van der Waals surface area contributed by atoms with E-state index in [4.69, 9.17) is 11.6 Å². The lowest BCUT2D eigenvalue weighted by molar-refractivity contribution is 1.11. The van der Waals surface area contributed by atoms with E-state index in [0.717, 1.165) is 27.7 Å². The average molecular weight is 357 g/mol. The van der Waals surface area contributed by atoms with E-state index in [9.17, 15) is 0 Å². The molecule has 0 saturated carbocycles. The van der Waals surface area contributed by atoms with Crippen molar-refractivity contribution in [1.29, 1.82) is 0 Å². The topological polar surface area (TPSA) is 115 Å². The first-order valence-electron chi connectivity index (χ1n) is 8.50. The fourth-order valence-corrected chi connectivity index (χ4v) is 2.85. The highest BCUT2D eigenvalue weighted by Gasteiger charge is 2.08. The van der Waals surface area contributed by atoms with Gasteiger partial charge in [-0.05, 0) is 48.0 Å². The predicted molar refractivity (Wildman–Crippen MR) is 109 cm³/mol. The van der Waals surface area contributed by atoms with Gasteiger partial charge < -0.3 is 16.5 Å². The summed E-state index contributed by atoms with van der Waals surface area (Å²) in [4.78, 5) is 13.1. The van der Waals surface area contributed by atoms with E-state index in [1.807, 2.05) is 42.5 Å². The Morgan fingerprint density at radius 3 is 2.70 bits per heavy atom. The van der Waals surface area contributed by atoms with Crippen LogP contribution in [0.25, 0.3) is 22.2 Å². The molecule has 0 aliphatic carbocycles. The van der Waals surface area contributed by atoms with Crippen LogP contribution < -0.4 is 22.3 Å². The summed E-state index contributed by atoms with van der Waals surface area (Å²) < 4.78 is 0. The highest BCUT2D eigenvalue weighted by molar-refractivity contribution is 5.79. The summed E-state index contributed by atoms with van der Waals surface area (Å²) in [5, 5.41) is 4.45. The van der Waals surface area contributed by atoms with Crippen LogP contribution in [-0.2, 0) is 6.54 Å². The molecule has 0 fully saturated rings. The number of fused-ring (bicyclic) bond motifs is 1. The Balaban J connectivity index is 1.59. The maximum Gasteiger partial charge on any atom is 0.151 e. The van der Waals surface area contributed by atoms with Gasteiger partial charge in [0.25, 0.3) is 0 Å². The van der Waals surface area contributed by atoms with Crippen LogP contribution in [0.15, 0.2) is 67.0 Å². The van der Waals surface area contributed by atoms with Crippen LogP contribution in [-0.4, -0.2) is 15.0 Å². The largest absolute Gasteiger partial charge is 0.384 e. The van der Waals surface area contributed by atoms with Gasteiger partial charge in [-0.3, -0.25) is 10.8 Å². The zero-order valence-corrected chi connectivity index (χ0v) is 14.6. The first-order chi connectivity index (χ1) is 13.2. The number of nitrogens with zero attached hydrogens (tertiary/aromatic N) is 3. The van der Waals surface area contributed by atoms with Crippen LogP contribution in [0.3, 0.4) is 0 Å². The molecule has 3 heterocycles. The van der Waals surface area contributed by atoms with Gasteiger partial charge in [0.15, 0.2) is 5.82 Å². The SMILES string of the molecule is NNc1ccc(-c2ccc(N)nc2)nc1NCc1ccc2ncccc2c1. The number of anilines is 3. The first-order valence-corrected chi connectivity index (χ1v) is 8.50. The van der Waals surface area contributed by atoms with Crippen LogP contribution in [0.2, 0.25) is 0 Å². The lowest BCUT2D eigenvalue weighted by Crippen LogP contribution is -2.12. The third-order valence-corrected chi connectivity index (χ3v) is 4.26. The van der Waals surface area contributed by atoms with E-state index >= 15 is 0 Å². The van der Waals surface area contributed by atoms with E-state index in [1.54, 1.807) is 18.5 Å². The van der Waals surface area contributed by atoms with Gasteiger partial charge in [-0.2, -0.15) is 0 Å². The highest BCUT2D eigenvalue weighted by atomic mass is 15.2. The van der Waals surface area contributed by atoms with Crippen LogP contribution in [0.4, 0.5) is 17.3 Å². The molecule has 7 heteroatoms. The number of nitrogen functional groups attached to an aromatic ring is 2. The predicted octanol–water partition coefficient (Wildman–Crippen LogP) is 3.17. The van der Waals surface area contributed by atoms with Crippen molar-refractivity contribution in [2.45, 2.75) is 6.54 Å². The molecule has 1 aromatic carbocycles. The molecule has 0 atom stereocenters. The Morgan fingerprint density at radius 1 is 0.963 bits per heavy atom. The van der Waals surface area contributed by atoms with Gasteiger partial charge in [-0.15, -0.1) is 0 Å². The lowest BCUT2D eigenvalue weighted by Gasteiger charge is -2.13. The second kappa shape index (κ2) is 7.27. The molecule has 6 N–H and O–H groups in total. The first kappa shape index (κ1) is 16.7.